The van der Waals surface area contributed by atoms with Crippen molar-refractivity contribution < 1.29 is 9.94 Å². The summed E-state index contributed by atoms with van der Waals surface area (Å²) in [4.78, 5) is 7.90. The van der Waals surface area contributed by atoms with Gasteiger partial charge in [0.25, 0.3) is 0 Å². The van der Waals surface area contributed by atoms with E-state index in [4.69, 9.17) is 27.3 Å². The van der Waals surface area contributed by atoms with Gasteiger partial charge in [0.15, 0.2) is 5.84 Å². The van der Waals surface area contributed by atoms with Gasteiger partial charge < -0.3 is 15.7 Å². The number of rotatable bonds is 3. The van der Waals surface area contributed by atoms with Crippen molar-refractivity contribution in [1.82, 2.24) is 9.97 Å². The van der Waals surface area contributed by atoms with Crippen molar-refractivity contribution in [1.29, 1.82) is 0 Å². The third-order valence-corrected chi connectivity index (χ3v) is 2.25. The van der Waals surface area contributed by atoms with E-state index in [0.717, 1.165) is 0 Å². The molecule has 1 aromatic carbocycles. The quantitative estimate of drug-likeness (QED) is 0.383. The lowest BCUT2D eigenvalue weighted by Gasteiger charge is -2.04. The molecule has 0 aliphatic carbocycles. The van der Waals surface area contributed by atoms with E-state index in [1.165, 1.54) is 12.4 Å². The van der Waals surface area contributed by atoms with Crippen molar-refractivity contribution in [3.05, 3.63) is 47.4 Å². The summed E-state index contributed by atoms with van der Waals surface area (Å²) in [5, 5.41) is 11.9. The largest absolute Gasteiger partial charge is 0.437 e. The lowest BCUT2D eigenvalue weighted by atomic mass is 10.3. The second kappa shape index (κ2) is 5.33. The highest BCUT2D eigenvalue weighted by Crippen LogP contribution is 2.21. The van der Waals surface area contributed by atoms with Gasteiger partial charge in [0.2, 0.25) is 5.88 Å². The molecule has 0 atom stereocenters. The van der Waals surface area contributed by atoms with Crippen LogP contribution in [0, 0.1) is 0 Å². The van der Waals surface area contributed by atoms with Gasteiger partial charge in [-0.2, -0.15) is 0 Å². The van der Waals surface area contributed by atoms with Crippen molar-refractivity contribution >= 4 is 17.4 Å². The standard InChI is InChI=1S/C11H9ClN4O2/c12-7-2-1-3-8(4-7)18-10-6-14-9(5-15-10)11(13)16-17/h1-6,17H,(H2,13,16). The van der Waals surface area contributed by atoms with E-state index in [2.05, 4.69) is 15.1 Å². The number of halogens is 1. The lowest BCUT2D eigenvalue weighted by molar-refractivity contribution is 0.318. The molecule has 92 valence electrons. The molecule has 0 aliphatic heterocycles. The zero-order valence-electron chi connectivity index (χ0n) is 9.12. The van der Waals surface area contributed by atoms with Crippen molar-refractivity contribution in [3.8, 4) is 11.6 Å². The maximum atomic E-state index is 8.47. The Kier molecular flexibility index (Phi) is 3.59. The summed E-state index contributed by atoms with van der Waals surface area (Å²) < 4.78 is 5.43. The number of benzene rings is 1. The number of amidine groups is 1. The van der Waals surface area contributed by atoms with Gasteiger partial charge in [-0.25, -0.2) is 9.97 Å². The number of nitrogens with zero attached hydrogens (tertiary/aromatic N) is 3. The maximum absolute atomic E-state index is 8.47. The number of aromatic nitrogens is 2. The zero-order chi connectivity index (χ0) is 13.0. The van der Waals surface area contributed by atoms with Gasteiger partial charge in [-0.05, 0) is 18.2 Å². The van der Waals surface area contributed by atoms with Crippen LogP contribution in [0.1, 0.15) is 5.69 Å². The van der Waals surface area contributed by atoms with Gasteiger partial charge in [-0.3, -0.25) is 0 Å². The topological polar surface area (TPSA) is 93.6 Å². The van der Waals surface area contributed by atoms with Crippen molar-refractivity contribution in [2.24, 2.45) is 10.9 Å². The van der Waals surface area contributed by atoms with Crippen LogP contribution in [0.4, 0.5) is 0 Å². The first-order valence-corrected chi connectivity index (χ1v) is 5.30. The maximum Gasteiger partial charge on any atom is 0.237 e. The third kappa shape index (κ3) is 2.86. The molecular formula is C11H9ClN4O2. The van der Waals surface area contributed by atoms with E-state index < -0.39 is 0 Å². The molecule has 1 aromatic heterocycles. The summed E-state index contributed by atoms with van der Waals surface area (Å²) in [7, 11) is 0. The average Bonchev–Trinajstić information content (AvgIpc) is 2.39. The molecule has 1 heterocycles. The Labute approximate surface area is 108 Å². The van der Waals surface area contributed by atoms with Crippen LogP contribution >= 0.6 is 11.6 Å². The van der Waals surface area contributed by atoms with Gasteiger partial charge in [0, 0.05) is 5.02 Å². The molecule has 0 unspecified atom stereocenters. The molecule has 3 N–H and O–H groups in total. The summed E-state index contributed by atoms with van der Waals surface area (Å²) in [5.41, 5.74) is 5.62. The molecule has 6 nitrogen and oxygen atoms in total. The van der Waals surface area contributed by atoms with Crippen LogP contribution in [0.5, 0.6) is 11.6 Å². The predicted molar refractivity (Wildman–Crippen MR) is 66.1 cm³/mol. The van der Waals surface area contributed by atoms with Gasteiger partial charge in [-0.1, -0.05) is 22.8 Å². The van der Waals surface area contributed by atoms with E-state index in [9.17, 15) is 0 Å². The Morgan fingerprint density at radius 2 is 2.17 bits per heavy atom. The normalized spacial score (nSPS) is 11.3. The fourth-order valence-electron chi connectivity index (χ4n) is 1.20. The van der Waals surface area contributed by atoms with E-state index in [1.54, 1.807) is 24.3 Å². The Balaban J connectivity index is 2.16. The van der Waals surface area contributed by atoms with Gasteiger partial charge in [-0.15, -0.1) is 0 Å². The Bertz CT molecular complexity index is 572. The second-order valence-electron chi connectivity index (χ2n) is 3.28. The zero-order valence-corrected chi connectivity index (χ0v) is 9.87. The van der Waals surface area contributed by atoms with Crippen LogP contribution in [-0.2, 0) is 0 Å². The van der Waals surface area contributed by atoms with Gasteiger partial charge in [0.05, 0.1) is 12.4 Å². The van der Waals surface area contributed by atoms with Crippen LogP contribution in [0.15, 0.2) is 41.8 Å². The van der Waals surface area contributed by atoms with E-state index >= 15 is 0 Å². The molecule has 0 radical (unpaired) electrons. The highest BCUT2D eigenvalue weighted by atomic mass is 35.5. The molecule has 2 rings (SSSR count). The number of nitrogens with two attached hydrogens (primary N) is 1. The Morgan fingerprint density at radius 1 is 1.33 bits per heavy atom. The number of hydrogen-bond donors (Lipinski definition) is 2. The van der Waals surface area contributed by atoms with Crippen LogP contribution in [0.2, 0.25) is 5.02 Å². The highest BCUT2D eigenvalue weighted by Gasteiger charge is 2.04. The first-order valence-electron chi connectivity index (χ1n) is 4.92. The van der Waals surface area contributed by atoms with Crippen molar-refractivity contribution in [3.63, 3.8) is 0 Å². The first-order chi connectivity index (χ1) is 8.69. The minimum Gasteiger partial charge on any atom is -0.437 e. The van der Waals surface area contributed by atoms with E-state index in [1.807, 2.05) is 0 Å². The van der Waals surface area contributed by atoms with Gasteiger partial charge >= 0.3 is 0 Å². The summed E-state index contributed by atoms with van der Waals surface area (Å²) in [6.07, 6.45) is 2.71. The fraction of sp³-hybridized carbons (Fsp3) is 0. The van der Waals surface area contributed by atoms with Gasteiger partial charge in [0.1, 0.15) is 11.4 Å². The highest BCUT2D eigenvalue weighted by molar-refractivity contribution is 6.30. The molecular weight excluding hydrogens is 256 g/mol. The van der Waals surface area contributed by atoms with Crippen LogP contribution in [-0.4, -0.2) is 21.0 Å². The third-order valence-electron chi connectivity index (χ3n) is 2.02. The molecule has 0 saturated heterocycles. The van der Waals surface area contributed by atoms with Crippen LogP contribution in [0.25, 0.3) is 0 Å². The number of hydrogen-bond acceptors (Lipinski definition) is 5. The minimum atomic E-state index is -0.114. The molecule has 7 heteroatoms. The molecule has 0 amide bonds. The number of oxime groups is 1. The summed E-state index contributed by atoms with van der Waals surface area (Å²) >= 11 is 5.82. The smallest absolute Gasteiger partial charge is 0.237 e. The van der Waals surface area contributed by atoms with Crippen molar-refractivity contribution in [2.75, 3.05) is 0 Å². The fourth-order valence-corrected chi connectivity index (χ4v) is 1.38. The molecule has 0 aliphatic rings. The van der Waals surface area contributed by atoms with E-state index in [-0.39, 0.29) is 17.4 Å². The first kappa shape index (κ1) is 12.1. The Hall–Kier alpha value is -2.34. The monoisotopic (exact) mass is 264 g/mol. The lowest BCUT2D eigenvalue weighted by Crippen LogP contribution is -2.15. The second-order valence-corrected chi connectivity index (χ2v) is 3.72. The van der Waals surface area contributed by atoms with Crippen molar-refractivity contribution in [2.45, 2.75) is 0 Å². The molecule has 0 fully saturated rings. The predicted octanol–water partition coefficient (Wildman–Crippen LogP) is 2.02. The summed E-state index contributed by atoms with van der Waals surface area (Å²) in [6, 6.07) is 6.89. The molecule has 0 bridgehead atoms. The SMILES string of the molecule is NC(=NO)c1cnc(Oc2cccc(Cl)c2)cn1. The summed E-state index contributed by atoms with van der Waals surface area (Å²) in [6.45, 7) is 0. The average molecular weight is 265 g/mol. The molecule has 2 aromatic rings. The molecule has 0 spiro atoms. The molecule has 18 heavy (non-hydrogen) atoms. The van der Waals surface area contributed by atoms with Crippen LogP contribution in [0.3, 0.4) is 0 Å². The minimum absolute atomic E-state index is 0.114. The molecule has 0 saturated carbocycles. The van der Waals surface area contributed by atoms with Crippen LogP contribution < -0.4 is 10.5 Å². The van der Waals surface area contributed by atoms with E-state index in [0.29, 0.717) is 10.8 Å². The Morgan fingerprint density at radius 3 is 2.78 bits per heavy atom. The summed E-state index contributed by atoms with van der Waals surface area (Å²) in [5.74, 6) is 0.719. The number of ether oxygens (including phenoxy) is 1.